The van der Waals surface area contributed by atoms with Gasteiger partial charge < -0.3 is 15.4 Å². The predicted molar refractivity (Wildman–Crippen MR) is 151 cm³/mol. The van der Waals surface area contributed by atoms with Gasteiger partial charge in [0.15, 0.2) is 0 Å². The number of nitrogens with zero attached hydrogens (tertiary/aromatic N) is 1. The van der Waals surface area contributed by atoms with Crippen LogP contribution in [0.3, 0.4) is 0 Å². The Morgan fingerprint density at radius 3 is 2.42 bits per heavy atom. The predicted octanol–water partition coefficient (Wildman–Crippen LogP) is 6.46. The monoisotopic (exact) mass is 543 g/mol. The highest BCUT2D eigenvalue weighted by molar-refractivity contribution is 8.03. The molecule has 0 fully saturated rings. The highest BCUT2D eigenvalue weighted by Crippen LogP contribution is 2.43. The van der Waals surface area contributed by atoms with Crippen molar-refractivity contribution < 1.29 is 14.3 Å². The zero-order chi connectivity index (χ0) is 27.1. The van der Waals surface area contributed by atoms with E-state index in [9.17, 15) is 14.9 Å². The summed E-state index contributed by atoms with van der Waals surface area (Å²) in [7, 11) is 0. The second kappa shape index (κ2) is 12.5. The standard InChI is InChI=1S/C30H26ClN3O3S/c1-19-10-6-9-15-25(19)34-26(35)18-38-29-23(16-32)28(22-13-7-8-14-24(22)31)27(20(2)33-29)30(36)37-17-21-11-4-3-5-12-21/h3-15,28,33H,17-18H2,1-2H3,(H,34,35)/t28-/m1/s1. The molecule has 1 atom stereocenters. The molecule has 4 rings (SSSR count). The molecule has 0 bridgehead atoms. The van der Waals surface area contributed by atoms with Crippen LogP contribution in [0.5, 0.6) is 0 Å². The van der Waals surface area contributed by atoms with Gasteiger partial charge in [-0.2, -0.15) is 5.26 Å². The lowest BCUT2D eigenvalue weighted by atomic mass is 9.82. The summed E-state index contributed by atoms with van der Waals surface area (Å²) in [5.41, 5.74) is 4.29. The zero-order valence-corrected chi connectivity index (χ0v) is 22.5. The first kappa shape index (κ1) is 27.1. The minimum absolute atomic E-state index is 0.0676. The number of ether oxygens (including phenoxy) is 1. The molecule has 0 spiro atoms. The first-order chi connectivity index (χ1) is 18.4. The Kier molecular flexibility index (Phi) is 8.90. The number of rotatable bonds is 8. The maximum Gasteiger partial charge on any atom is 0.337 e. The Morgan fingerprint density at radius 1 is 1.03 bits per heavy atom. The van der Waals surface area contributed by atoms with E-state index in [0.717, 1.165) is 16.8 Å². The van der Waals surface area contributed by atoms with Gasteiger partial charge in [0, 0.05) is 16.4 Å². The fourth-order valence-corrected chi connectivity index (χ4v) is 5.29. The van der Waals surface area contributed by atoms with Crippen LogP contribution in [0.15, 0.2) is 101 Å². The van der Waals surface area contributed by atoms with Gasteiger partial charge in [-0.1, -0.05) is 90.1 Å². The quantitative estimate of drug-likeness (QED) is 0.317. The molecular weight excluding hydrogens is 518 g/mol. The van der Waals surface area contributed by atoms with Crippen molar-refractivity contribution in [2.45, 2.75) is 26.4 Å². The molecule has 0 radical (unpaired) electrons. The SMILES string of the molecule is CC1=C(C(=O)OCc2ccccc2)[C@H](c2ccccc2Cl)C(C#N)=C(SCC(=O)Nc2ccccc2C)N1. The molecule has 2 N–H and O–H groups in total. The van der Waals surface area contributed by atoms with E-state index in [1.165, 1.54) is 11.8 Å². The number of nitriles is 1. The fraction of sp³-hybridized carbons (Fsp3) is 0.167. The summed E-state index contributed by atoms with van der Waals surface area (Å²) >= 11 is 7.75. The van der Waals surface area contributed by atoms with E-state index in [2.05, 4.69) is 16.7 Å². The maximum absolute atomic E-state index is 13.4. The molecule has 1 heterocycles. The largest absolute Gasteiger partial charge is 0.457 e. The molecule has 6 nitrogen and oxygen atoms in total. The first-order valence-corrected chi connectivity index (χ1v) is 13.3. The number of carbonyl (C=O) groups excluding carboxylic acids is 2. The number of halogens is 1. The Bertz CT molecular complexity index is 1460. The van der Waals surface area contributed by atoms with Crippen LogP contribution in [0, 0.1) is 18.3 Å². The number of thioether (sulfide) groups is 1. The average molecular weight is 544 g/mol. The first-order valence-electron chi connectivity index (χ1n) is 11.9. The van der Waals surface area contributed by atoms with Crippen molar-refractivity contribution >= 4 is 40.9 Å². The van der Waals surface area contributed by atoms with Gasteiger partial charge in [-0.25, -0.2) is 4.79 Å². The molecular formula is C30H26ClN3O3S. The van der Waals surface area contributed by atoms with Gasteiger partial charge in [0.1, 0.15) is 6.61 Å². The van der Waals surface area contributed by atoms with E-state index in [4.69, 9.17) is 16.3 Å². The molecule has 1 aliphatic heterocycles. The molecule has 8 heteroatoms. The van der Waals surface area contributed by atoms with E-state index in [1.807, 2.05) is 67.6 Å². The molecule has 1 amide bonds. The topological polar surface area (TPSA) is 91.2 Å². The van der Waals surface area contributed by atoms with Crippen LogP contribution in [0.25, 0.3) is 0 Å². The minimum Gasteiger partial charge on any atom is -0.457 e. The Morgan fingerprint density at radius 2 is 1.71 bits per heavy atom. The molecule has 3 aromatic rings. The average Bonchev–Trinajstić information content (AvgIpc) is 2.92. The summed E-state index contributed by atoms with van der Waals surface area (Å²) in [5, 5.41) is 17.2. The molecule has 38 heavy (non-hydrogen) atoms. The third kappa shape index (κ3) is 6.28. The van der Waals surface area contributed by atoms with Crippen LogP contribution in [0.1, 0.15) is 29.5 Å². The molecule has 0 unspecified atom stereocenters. The van der Waals surface area contributed by atoms with Gasteiger partial charge >= 0.3 is 5.97 Å². The highest BCUT2D eigenvalue weighted by Gasteiger charge is 2.36. The minimum atomic E-state index is -0.750. The number of hydrogen-bond acceptors (Lipinski definition) is 6. The van der Waals surface area contributed by atoms with Crippen molar-refractivity contribution in [3.8, 4) is 6.07 Å². The summed E-state index contributed by atoms with van der Waals surface area (Å²) in [5.74, 6) is -1.43. The zero-order valence-electron chi connectivity index (χ0n) is 21.0. The van der Waals surface area contributed by atoms with Crippen molar-refractivity contribution in [2.75, 3.05) is 11.1 Å². The third-order valence-electron chi connectivity index (χ3n) is 6.06. The number of nitrogens with one attached hydrogen (secondary N) is 2. The Hall–Kier alpha value is -3.99. The van der Waals surface area contributed by atoms with E-state index in [0.29, 0.717) is 32.5 Å². The summed E-state index contributed by atoms with van der Waals surface area (Å²) in [6, 6.07) is 26.3. The molecule has 0 aromatic heterocycles. The van der Waals surface area contributed by atoms with Crippen LogP contribution in [0.4, 0.5) is 5.69 Å². The number of hydrogen-bond donors (Lipinski definition) is 2. The van der Waals surface area contributed by atoms with Gasteiger partial charge in [-0.3, -0.25) is 4.79 Å². The number of dihydropyridines is 1. The summed E-state index contributed by atoms with van der Waals surface area (Å²) in [6.45, 7) is 3.77. The van der Waals surface area contributed by atoms with Gasteiger partial charge in [0.25, 0.3) is 0 Å². The molecule has 0 saturated heterocycles. The maximum atomic E-state index is 13.4. The van der Waals surface area contributed by atoms with E-state index >= 15 is 0 Å². The Labute approximate surface area is 231 Å². The summed E-state index contributed by atoms with van der Waals surface area (Å²) < 4.78 is 5.65. The van der Waals surface area contributed by atoms with Crippen molar-refractivity contribution in [1.82, 2.24) is 5.32 Å². The number of para-hydroxylation sites is 1. The molecule has 3 aromatic carbocycles. The van der Waals surface area contributed by atoms with Gasteiger partial charge in [-0.05, 0) is 42.7 Å². The van der Waals surface area contributed by atoms with Gasteiger partial charge in [-0.15, -0.1) is 0 Å². The smallest absolute Gasteiger partial charge is 0.337 e. The number of anilines is 1. The van der Waals surface area contributed by atoms with Crippen molar-refractivity contribution in [3.63, 3.8) is 0 Å². The lowest BCUT2D eigenvalue weighted by Crippen LogP contribution is -2.29. The number of esters is 1. The number of benzene rings is 3. The fourth-order valence-electron chi connectivity index (χ4n) is 4.16. The molecule has 1 aliphatic rings. The van der Waals surface area contributed by atoms with Crippen LogP contribution in [-0.2, 0) is 20.9 Å². The van der Waals surface area contributed by atoms with Crippen LogP contribution < -0.4 is 10.6 Å². The van der Waals surface area contributed by atoms with Crippen LogP contribution >= 0.6 is 23.4 Å². The van der Waals surface area contributed by atoms with Crippen LogP contribution in [-0.4, -0.2) is 17.6 Å². The van der Waals surface area contributed by atoms with Crippen molar-refractivity contribution in [3.05, 3.63) is 122 Å². The summed E-state index contributed by atoms with van der Waals surface area (Å²) in [4.78, 5) is 26.1. The van der Waals surface area contributed by atoms with Crippen LogP contribution in [0.2, 0.25) is 5.02 Å². The normalized spacial score (nSPS) is 14.9. The second-order valence-electron chi connectivity index (χ2n) is 8.69. The number of carbonyl (C=O) groups is 2. The van der Waals surface area contributed by atoms with E-state index in [-0.39, 0.29) is 18.3 Å². The van der Waals surface area contributed by atoms with Crippen molar-refractivity contribution in [1.29, 1.82) is 5.26 Å². The molecule has 192 valence electrons. The molecule has 0 aliphatic carbocycles. The van der Waals surface area contributed by atoms with E-state index in [1.54, 1.807) is 25.1 Å². The van der Waals surface area contributed by atoms with Crippen molar-refractivity contribution in [2.24, 2.45) is 0 Å². The Balaban J connectivity index is 1.61. The van der Waals surface area contributed by atoms with E-state index < -0.39 is 11.9 Å². The highest BCUT2D eigenvalue weighted by atomic mass is 35.5. The van der Waals surface area contributed by atoms with Gasteiger partial charge in [0.2, 0.25) is 5.91 Å². The lowest BCUT2D eigenvalue weighted by molar-refractivity contribution is -0.140. The summed E-state index contributed by atoms with van der Waals surface area (Å²) in [6.07, 6.45) is 0. The second-order valence-corrected chi connectivity index (χ2v) is 10.1. The van der Waals surface area contributed by atoms with Gasteiger partial charge in [0.05, 0.1) is 33.9 Å². The molecule has 0 saturated carbocycles. The number of aryl methyl sites for hydroxylation is 1. The number of amides is 1. The lowest BCUT2D eigenvalue weighted by Gasteiger charge is -2.29. The number of allylic oxidation sites excluding steroid dienone is 2. The third-order valence-corrected chi connectivity index (χ3v) is 7.42.